The highest BCUT2D eigenvalue weighted by molar-refractivity contribution is 5.80. The molecule has 1 N–H and O–H groups in total. The van der Waals surface area contributed by atoms with Crippen LogP contribution in [0.1, 0.15) is 31.7 Å². The van der Waals surface area contributed by atoms with Crippen molar-refractivity contribution in [1.82, 2.24) is 15.1 Å². The summed E-state index contributed by atoms with van der Waals surface area (Å²) >= 11 is 0. The van der Waals surface area contributed by atoms with Gasteiger partial charge in [-0.2, -0.15) is 5.10 Å². The number of carbonyl (C=O) groups excluding carboxylic acids is 1. The summed E-state index contributed by atoms with van der Waals surface area (Å²) in [6.45, 7) is 4.86. The summed E-state index contributed by atoms with van der Waals surface area (Å²) in [5, 5.41) is 8.10. The van der Waals surface area contributed by atoms with Gasteiger partial charge in [0.05, 0.1) is 24.9 Å². The zero-order valence-corrected chi connectivity index (χ0v) is 14.7. The van der Waals surface area contributed by atoms with Crippen LogP contribution < -0.4 is 0 Å². The summed E-state index contributed by atoms with van der Waals surface area (Å²) in [5.74, 6) is -0.254. The average Bonchev–Trinajstić information content (AvgIpc) is 3.21. The number of amides is 1. The first-order chi connectivity index (χ1) is 12.2. The van der Waals surface area contributed by atoms with Crippen LogP contribution in [0.4, 0.5) is 0 Å². The summed E-state index contributed by atoms with van der Waals surface area (Å²) < 4.78 is 11.6. The van der Waals surface area contributed by atoms with Crippen LogP contribution in [0.15, 0.2) is 24.4 Å². The van der Waals surface area contributed by atoms with Gasteiger partial charge in [-0.3, -0.25) is 9.89 Å². The van der Waals surface area contributed by atoms with E-state index in [-0.39, 0.29) is 11.8 Å². The van der Waals surface area contributed by atoms with E-state index in [9.17, 15) is 4.79 Å². The molecule has 134 valence electrons. The number of aromatic amines is 1. The number of nitrogens with zero attached hydrogens (tertiary/aromatic N) is 2. The normalized spacial score (nSPS) is 21.6. The van der Waals surface area contributed by atoms with E-state index in [1.54, 1.807) is 0 Å². The molecule has 2 aliphatic heterocycles. The molecular weight excluding hydrogens is 318 g/mol. The molecule has 1 spiro atoms. The van der Waals surface area contributed by atoms with Crippen LogP contribution in [0.5, 0.6) is 0 Å². The number of benzene rings is 1. The van der Waals surface area contributed by atoms with E-state index < -0.39 is 5.79 Å². The van der Waals surface area contributed by atoms with Crippen LogP contribution in [0, 0.1) is 5.92 Å². The third-order valence-electron chi connectivity index (χ3n) is 5.34. The molecule has 0 aliphatic carbocycles. The zero-order chi connectivity index (χ0) is 17.3. The standard InChI is InChI=1S/C19H25N3O3/c1-14(11-15-3-4-17-16(12-15)13-20-21-17)18(23)22-7-2-5-19(6-8-22)24-9-10-25-19/h3-4,12-14H,2,5-11H2,1H3,(H,20,21). The highest BCUT2D eigenvalue weighted by Gasteiger charge is 2.39. The molecule has 25 heavy (non-hydrogen) atoms. The van der Waals surface area contributed by atoms with Gasteiger partial charge in [0.1, 0.15) is 0 Å². The van der Waals surface area contributed by atoms with E-state index >= 15 is 0 Å². The number of fused-ring (bicyclic) bond motifs is 1. The Bertz CT molecular complexity index is 751. The number of likely N-dealkylation sites (tertiary alicyclic amines) is 1. The smallest absolute Gasteiger partial charge is 0.225 e. The fourth-order valence-corrected chi connectivity index (χ4v) is 3.96. The van der Waals surface area contributed by atoms with Crippen LogP contribution in [0.25, 0.3) is 10.9 Å². The predicted molar refractivity (Wildman–Crippen MR) is 94.0 cm³/mol. The van der Waals surface area contributed by atoms with E-state index in [2.05, 4.69) is 22.3 Å². The van der Waals surface area contributed by atoms with Crippen LogP contribution in [0.2, 0.25) is 0 Å². The van der Waals surface area contributed by atoms with Crippen LogP contribution in [-0.4, -0.2) is 53.1 Å². The number of ether oxygens (including phenoxy) is 2. The number of nitrogens with one attached hydrogen (secondary N) is 1. The maximum Gasteiger partial charge on any atom is 0.225 e. The molecule has 1 aromatic heterocycles. The highest BCUT2D eigenvalue weighted by atomic mass is 16.7. The quantitative estimate of drug-likeness (QED) is 0.930. The Hall–Kier alpha value is -1.92. The second kappa shape index (κ2) is 6.77. The lowest BCUT2D eigenvalue weighted by Gasteiger charge is -2.27. The van der Waals surface area contributed by atoms with Crippen LogP contribution in [0.3, 0.4) is 0 Å². The van der Waals surface area contributed by atoms with E-state index in [0.717, 1.165) is 43.1 Å². The molecule has 1 atom stereocenters. The van der Waals surface area contributed by atoms with Crippen molar-refractivity contribution in [2.75, 3.05) is 26.3 Å². The lowest BCUT2D eigenvalue weighted by atomic mass is 9.98. The van der Waals surface area contributed by atoms with Gasteiger partial charge in [0.25, 0.3) is 0 Å². The molecule has 0 bridgehead atoms. The molecule has 1 amide bonds. The van der Waals surface area contributed by atoms with Crippen molar-refractivity contribution in [2.45, 2.75) is 38.4 Å². The molecule has 6 nitrogen and oxygen atoms in total. The van der Waals surface area contributed by atoms with Crippen molar-refractivity contribution in [3.05, 3.63) is 30.0 Å². The summed E-state index contributed by atoms with van der Waals surface area (Å²) in [7, 11) is 0. The number of rotatable bonds is 3. The average molecular weight is 343 g/mol. The fourth-order valence-electron chi connectivity index (χ4n) is 3.96. The highest BCUT2D eigenvalue weighted by Crippen LogP contribution is 2.31. The van der Waals surface area contributed by atoms with Crippen molar-refractivity contribution in [2.24, 2.45) is 5.92 Å². The molecule has 1 unspecified atom stereocenters. The Morgan fingerprint density at radius 1 is 1.32 bits per heavy atom. The summed E-state index contributed by atoms with van der Waals surface area (Å²) in [6.07, 6.45) is 5.14. The topological polar surface area (TPSA) is 67.5 Å². The van der Waals surface area contributed by atoms with Crippen molar-refractivity contribution in [3.63, 3.8) is 0 Å². The lowest BCUT2D eigenvalue weighted by molar-refractivity contribution is -0.164. The second-order valence-electron chi connectivity index (χ2n) is 7.18. The van der Waals surface area contributed by atoms with Gasteiger partial charge in [0.15, 0.2) is 5.79 Å². The molecule has 6 heteroatoms. The fraction of sp³-hybridized carbons (Fsp3) is 0.579. The molecule has 3 heterocycles. The van der Waals surface area contributed by atoms with E-state index in [1.807, 2.05) is 24.1 Å². The second-order valence-corrected chi connectivity index (χ2v) is 7.18. The van der Waals surface area contributed by atoms with Crippen molar-refractivity contribution in [3.8, 4) is 0 Å². The largest absolute Gasteiger partial charge is 0.347 e. The predicted octanol–water partition coefficient (Wildman–Crippen LogP) is 2.50. The Morgan fingerprint density at radius 3 is 3.00 bits per heavy atom. The molecule has 2 saturated heterocycles. The number of H-pyrrole nitrogens is 1. The molecule has 2 aliphatic rings. The SMILES string of the molecule is CC(Cc1ccc2[nH]ncc2c1)C(=O)N1CCCC2(CC1)OCCO2. The molecule has 4 rings (SSSR count). The Balaban J connectivity index is 1.39. The monoisotopic (exact) mass is 343 g/mol. The summed E-state index contributed by atoms with van der Waals surface area (Å²) in [6, 6.07) is 6.21. The van der Waals surface area contributed by atoms with Crippen molar-refractivity contribution < 1.29 is 14.3 Å². The Morgan fingerprint density at radius 2 is 2.16 bits per heavy atom. The van der Waals surface area contributed by atoms with Crippen LogP contribution in [-0.2, 0) is 20.7 Å². The van der Waals surface area contributed by atoms with Gasteiger partial charge in [-0.1, -0.05) is 13.0 Å². The lowest BCUT2D eigenvalue weighted by Crippen LogP contribution is -2.38. The maximum absolute atomic E-state index is 12.9. The number of aromatic nitrogens is 2. The van der Waals surface area contributed by atoms with Crippen LogP contribution >= 0.6 is 0 Å². The van der Waals surface area contributed by atoms with Crippen molar-refractivity contribution in [1.29, 1.82) is 0 Å². The van der Waals surface area contributed by atoms with Gasteiger partial charge in [-0.05, 0) is 30.5 Å². The third-order valence-corrected chi connectivity index (χ3v) is 5.34. The minimum absolute atomic E-state index is 0.0381. The zero-order valence-electron chi connectivity index (χ0n) is 14.7. The van der Waals surface area contributed by atoms with Gasteiger partial charge in [-0.25, -0.2) is 0 Å². The molecule has 2 fully saturated rings. The minimum atomic E-state index is -0.440. The maximum atomic E-state index is 12.9. The molecule has 0 radical (unpaired) electrons. The van der Waals surface area contributed by atoms with E-state index in [1.165, 1.54) is 5.56 Å². The Labute approximate surface area is 147 Å². The van der Waals surface area contributed by atoms with Crippen molar-refractivity contribution >= 4 is 16.8 Å². The molecular formula is C19H25N3O3. The minimum Gasteiger partial charge on any atom is -0.347 e. The van der Waals surface area contributed by atoms with Gasteiger partial charge in [0, 0.05) is 37.2 Å². The molecule has 0 saturated carbocycles. The molecule has 1 aromatic carbocycles. The first kappa shape index (κ1) is 16.5. The number of hydrogen-bond acceptors (Lipinski definition) is 4. The van der Waals surface area contributed by atoms with E-state index in [0.29, 0.717) is 19.8 Å². The van der Waals surface area contributed by atoms with Gasteiger partial charge < -0.3 is 14.4 Å². The number of hydrogen-bond donors (Lipinski definition) is 1. The third kappa shape index (κ3) is 3.41. The first-order valence-electron chi connectivity index (χ1n) is 9.14. The molecule has 2 aromatic rings. The first-order valence-corrected chi connectivity index (χ1v) is 9.14. The van der Waals surface area contributed by atoms with Gasteiger partial charge >= 0.3 is 0 Å². The van der Waals surface area contributed by atoms with E-state index in [4.69, 9.17) is 9.47 Å². The Kier molecular flexibility index (Phi) is 4.48. The summed E-state index contributed by atoms with van der Waals surface area (Å²) in [5.41, 5.74) is 2.20. The number of carbonyl (C=O) groups is 1. The summed E-state index contributed by atoms with van der Waals surface area (Å²) in [4.78, 5) is 14.9. The van der Waals surface area contributed by atoms with Gasteiger partial charge in [-0.15, -0.1) is 0 Å². The van der Waals surface area contributed by atoms with Gasteiger partial charge in [0.2, 0.25) is 5.91 Å².